The van der Waals surface area contributed by atoms with Crippen molar-refractivity contribution in [3.8, 4) is 5.75 Å². The molecule has 2 heterocycles. The summed E-state index contributed by atoms with van der Waals surface area (Å²) in [6.07, 6.45) is 1.61. The van der Waals surface area contributed by atoms with Gasteiger partial charge in [-0.25, -0.2) is 4.79 Å². The fourth-order valence-electron chi connectivity index (χ4n) is 3.90. The lowest BCUT2D eigenvalue weighted by Crippen LogP contribution is -2.14. The van der Waals surface area contributed by atoms with E-state index in [1.54, 1.807) is 12.1 Å². The Bertz CT molecular complexity index is 1010. The van der Waals surface area contributed by atoms with Crippen molar-refractivity contribution in [2.45, 2.75) is 18.9 Å². The summed E-state index contributed by atoms with van der Waals surface area (Å²) < 4.78 is 7.57. The van der Waals surface area contributed by atoms with Crippen molar-refractivity contribution in [1.29, 1.82) is 0 Å². The molecule has 1 aromatic heterocycles. The first-order valence-corrected chi connectivity index (χ1v) is 8.43. The van der Waals surface area contributed by atoms with Crippen LogP contribution in [-0.2, 0) is 11.2 Å². The van der Waals surface area contributed by atoms with Gasteiger partial charge >= 0.3 is 5.97 Å². The van der Waals surface area contributed by atoms with Gasteiger partial charge in [0.2, 0.25) is 0 Å². The number of carbonyl (C=O) groups is 2. The molecule has 6 nitrogen and oxygen atoms in total. The smallest absolute Gasteiger partial charge is 0.341 e. The summed E-state index contributed by atoms with van der Waals surface area (Å²) in [6, 6.07) is 15.6. The van der Waals surface area contributed by atoms with E-state index in [1.807, 2.05) is 24.3 Å². The first kappa shape index (κ1) is 16.2. The van der Waals surface area contributed by atoms with Crippen LogP contribution in [0.25, 0.3) is 10.9 Å². The van der Waals surface area contributed by atoms with Gasteiger partial charge in [-0.2, -0.15) is 0 Å². The van der Waals surface area contributed by atoms with Crippen molar-refractivity contribution in [2.75, 3.05) is 6.61 Å². The first-order valence-electron chi connectivity index (χ1n) is 8.43. The largest absolute Gasteiger partial charge is 0.481 e. The molecule has 0 saturated carbocycles. The number of benzene rings is 2. The van der Waals surface area contributed by atoms with Crippen LogP contribution < -0.4 is 10.5 Å². The number of aromatic nitrogens is 1. The molecule has 0 bridgehead atoms. The molecule has 0 aliphatic carbocycles. The van der Waals surface area contributed by atoms with Crippen LogP contribution in [0.1, 0.15) is 34.1 Å². The summed E-state index contributed by atoms with van der Waals surface area (Å²) in [5.74, 6) is -1.23. The molecule has 6 heteroatoms. The van der Waals surface area contributed by atoms with Crippen LogP contribution in [0.3, 0.4) is 0 Å². The van der Waals surface area contributed by atoms with Crippen molar-refractivity contribution in [3.05, 3.63) is 65.4 Å². The van der Waals surface area contributed by atoms with Crippen molar-refractivity contribution in [3.63, 3.8) is 0 Å². The number of carboxylic acids is 1. The molecular formula is C20H18N2O4. The Labute approximate surface area is 149 Å². The quantitative estimate of drug-likeness (QED) is 0.740. The molecule has 3 N–H and O–H groups in total. The highest BCUT2D eigenvalue weighted by Crippen LogP contribution is 2.42. The van der Waals surface area contributed by atoms with Gasteiger partial charge in [0.05, 0.1) is 22.5 Å². The maximum atomic E-state index is 12.2. The number of rotatable bonds is 5. The van der Waals surface area contributed by atoms with Gasteiger partial charge in [0, 0.05) is 5.69 Å². The van der Waals surface area contributed by atoms with Crippen LogP contribution in [0, 0.1) is 0 Å². The molecule has 4 rings (SSSR count). The minimum Gasteiger partial charge on any atom is -0.481 e. The van der Waals surface area contributed by atoms with Gasteiger partial charge in [0.1, 0.15) is 5.75 Å². The minimum atomic E-state index is -1.07. The Balaban J connectivity index is 1.94. The van der Waals surface area contributed by atoms with E-state index in [9.17, 15) is 9.59 Å². The van der Waals surface area contributed by atoms with Crippen LogP contribution in [0.4, 0.5) is 0 Å². The Morgan fingerprint density at radius 2 is 1.92 bits per heavy atom. The topological polar surface area (TPSA) is 94.5 Å². The Kier molecular flexibility index (Phi) is 3.88. The van der Waals surface area contributed by atoms with Crippen molar-refractivity contribution < 1.29 is 19.4 Å². The first-order chi connectivity index (χ1) is 12.6. The molecule has 132 valence electrons. The Hall–Kier alpha value is -3.28. The summed E-state index contributed by atoms with van der Waals surface area (Å²) in [7, 11) is 0. The summed E-state index contributed by atoms with van der Waals surface area (Å²) in [5.41, 5.74) is 8.99. The predicted octanol–water partition coefficient (Wildman–Crippen LogP) is 2.74. The third-order valence-electron chi connectivity index (χ3n) is 4.84. The molecule has 0 saturated heterocycles. The average Bonchev–Trinajstić information content (AvgIpc) is 3.18. The maximum Gasteiger partial charge on any atom is 0.341 e. The predicted molar refractivity (Wildman–Crippen MR) is 96.5 cm³/mol. The molecule has 3 aromatic rings. The second-order valence-corrected chi connectivity index (χ2v) is 6.35. The van der Waals surface area contributed by atoms with Gasteiger partial charge in [0.15, 0.2) is 6.61 Å². The molecular weight excluding hydrogens is 332 g/mol. The number of primary amides is 1. The maximum absolute atomic E-state index is 12.2. The number of nitrogens with zero attached hydrogens (tertiary/aromatic N) is 1. The molecule has 1 atom stereocenters. The molecule has 26 heavy (non-hydrogen) atoms. The van der Waals surface area contributed by atoms with E-state index >= 15 is 0 Å². The number of carbonyl (C=O) groups excluding carboxylic acids is 1. The van der Waals surface area contributed by atoms with Crippen molar-refractivity contribution in [1.82, 2.24) is 4.57 Å². The van der Waals surface area contributed by atoms with Crippen molar-refractivity contribution >= 4 is 22.8 Å². The molecule has 0 radical (unpaired) electrons. The number of fused-ring (bicyclic) bond motifs is 3. The van der Waals surface area contributed by atoms with E-state index in [4.69, 9.17) is 15.6 Å². The molecule has 2 aromatic carbocycles. The monoisotopic (exact) mass is 350 g/mol. The SMILES string of the molecule is NC(=O)c1c2n(c3cccc(OCC(=O)O)c13)C(c1ccccc1)CC2. The zero-order valence-electron chi connectivity index (χ0n) is 14.0. The number of aliphatic carboxylic acids is 1. The highest BCUT2D eigenvalue weighted by atomic mass is 16.5. The van der Waals surface area contributed by atoms with Crippen LogP contribution in [-0.4, -0.2) is 28.2 Å². The Morgan fingerprint density at radius 3 is 2.62 bits per heavy atom. The summed E-state index contributed by atoms with van der Waals surface area (Å²) in [4.78, 5) is 23.1. The highest BCUT2D eigenvalue weighted by molar-refractivity contribution is 6.10. The third-order valence-corrected chi connectivity index (χ3v) is 4.84. The van der Waals surface area contributed by atoms with E-state index < -0.39 is 18.5 Å². The fourth-order valence-corrected chi connectivity index (χ4v) is 3.90. The van der Waals surface area contributed by atoms with Crippen LogP contribution >= 0.6 is 0 Å². The molecule has 1 amide bonds. The normalized spacial score (nSPS) is 15.8. The standard InChI is InChI=1S/C20H18N2O4/c21-20(25)19-15-10-9-13(12-5-2-1-3-6-12)22(15)14-7-4-8-16(18(14)19)26-11-17(23)24/h1-8,13H,9-11H2,(H2,21,25)(H,23,24). The van der Waals surface area contributed by atoms with E-state index in [1.165, 1.54) is 0 Å². The zero-order chi connectivity index (χ0) is 18.3. The number of ether oxygens (including phenoxy) is 1. The summed E-state index contributed by atoms with van der Waals surface area (Å²) in [5, 5.41) is 9.51. The number of carboxylic acid groups (broad SMARTS) is 1. The van der Waals surface area contributed by atoms with Gasteiger partial charge in [-0.3, -0.25) is 4.79 Å². The van der Waals surface area contributed by atoms with Gasteiger partial charge in [-0.1, -0.05) is 36.4 Å². The van der Waals surface area contributed by atoms with Crippen LogP contribution in [0.5, 0.6) is 5.75 Å². The summed E-state index contributed by atoms with van der Waals surface area (Å²) >= 11 is 0. The van der Waals surface area contributed by atoms with E-state index in [0.29, 0.717) is 16.7 Å². The zero-order valence-corrected chi connectivity index (χ0v) is 14.0. The molecule has 1 aliphatic heterocycles. The minimum absolute atomic E-state index is 0.108. The number of hydrogen-bond acceptors (Lipinski definition) is 3. The van der Waals surface area contributed by atoms with E-state index in [2.05, 4.69) is 16.7 Å². The summed E-state index contributed by atoms with van der Waals surface area (Å²) in [6.45, 7) is -0.472. The molecule has 0 spiro atoms. The van der Waals surface area contributed by atoms with E-state index in [-0.39, 0.29) is 6.04 Å². The second-order valence-electron chi connectivity index (χ2n) is 6.35. The van der Waals surface area contributed by atoms with Gasteiger partial charge in [0.25, 0.3) is 5.91 Å². The Morgan fingerprint density at radius 1 is 1.15 bits per heavy atom. The molecule has 0 fully saturated rings. The third kappa shape index (κ3) is 2.50. The number of nitrogens with two attached hydrogens (primary N) is 1. The lowest BCUT2D eigenvalue weighted by atomic mass is 10.0. The van der Waals surface area contributed by atoms with Crippen LogP contribution in [0.15, 0.2) is 48.5 Å². The fraction of sp³-hybridized carbons (Fsp3) is 0.200. The highest BCUT2D eigenvalue weighted by Gasteiger charge is 2.32. The average molecular weight is 350 g/mol. The number of amides is 1. The lowest BCUT2D eigenvalue weighted by molar-refractivity contribution is -0.139. The van der Waals surface area contributed by atoms with E-state index in [0.717, 1.165) is 29.6 Å². The lowest BCUT2D eigenvalue weighted by Gasteiger charge is -2.16. The van der Waals surface area contributed by atoms with Gasteiger partial charge < -0.3 is 20.1 Å². The second kappa shape index (κ2) is 6.22. The molecule has 1 unspecified atom stereocenters. The van der Waals surface area contributed by atoms with Crippen molar-refractivity contribution in [2.24, 2.45) is 5.73 Å². The van der Waals surface area contributed by atoms with Gasteiger partial charge in [-0.15, -0.1) is 0 Å². The van der Waals surface area contributed by atoms with Crippen LogP contribution in [0.2, 0.25) is 0 Å². The number of hydrogen-bond donors (Lipinski definition) is 2. The van der Waals surface area contributed by atoms with Gasteiger partial charge in [-0.05, 0) is 30.5 Å². The molecule has 1 aliphatic rings.